The van der Waals surface area contributed by atoms with E-state index in [4.69, 9.17) is 4.74 Å². The van der Waals surface area contributed by atoms with E-state index in [0.29, 0.717) is 0 Å². The van der Waals surface area contributed by atoms with Gasteiger partial charge in [-0.15, -0.1) is 0 Å². The Morgan fingerprint density at radius 2 is 1.65 bits per heavy atom. The van der Waals surface area contributed by atoms with E-state index < -0.39 is 5.41 Å². The number of pyridine rings is 1. The third kappa shape index (κ3) is 4.78. The Morgan fingerprint density at radius 1 is 1.00 bits per heavy atom. The molecule has 1 N–H and O–H groups in total. The highest BCUT2D eigenvalue weighted by molar-refractivity contribution is 5.83. The number of rotatable bonds is 7. The van der Waals surface area contributed by atoms with Crippen molar-refractivity contribution in [1.29, 1.82) is 0 Å². The highest BCUT2D eigenvalue weighted by atomic mass is 16.5. The molecule has 3 aromatic rings. The summed E-state index contributed by atoms with van der Waals surface area (Å²) in [5, 5.41) is 2.92. The smallest absolute Gasteiger partial charge is 0.227 e. The lowest BCUT2D eigenvalue weighted by molar-refractivity contribution is -0.130. The molecule has 1 aliphatic heterocycles. The summed E-state index contributed by atoms with van der Waals surface area (Å²) in [7, 11) is 3.42. The Kier molecular flexibility index (Phi) is 6.33. The molecule has 1 aromatic heterocycles. The Morgan fingerprint density at radius 3 is 2.29 bits per heavy atom. The highest BCUT2D eigenvalue weighted by Crippen LogP contribution is 2.36. The summed E-state index contributed by atoms with van der Waals surface area (Å²) in [5.41, 5.74) is 4.32. The van der Waals surface area contributed by atoms with Crippen LogP contribution >= 0.6 is 0 Å². The molecule has 2 aromatic carbocycles. The second-order valence-electron chi connectivity index (χ2n) is 8.28. The van der Waals surface area contributed by atoms with E-state index in [-0.39, 0.29) is 5.91 Å². The lowest BCUT2D eigenvalue weighted by Gasteiger charge is -2.28. The van der Waals surface area contributed by atoms with Gasteiger partial charge in [-0.2, -0.15) is 0 Å². The van der Waals surface area contributed by atoms with Gasteiger partial charge in [0.05, 0.1) is 12.5 Å². The molecule has 0 radical (unpaired) electrons. The first-order valence-electron chi connectivity index (χ1n) is 10.7. The lowest BCUT2D eigenvalue weighted by Crippen LogP contribution is -2.43. The number of carbonyl (C=O) groups excluding carboxylic acids is 1. The number of hydrogen-bond donors (Lipinski definition) is 1. The number of benzene rings is 2. The molecule has 0 spiro atoms. The van der Waals surface area contributed by atoms with Crippen molar-refractivity contribution in [3.05, 3.63) is 84.2 Å². The maximum absolute atomic E-state index is 12.9. The van der Waals surface area contributed by atoms with Crippen LogP contribution in [-0.4, -0.2) is 43.0 Å². The molecule has 2 heterocycles. The first-order valence-corrected chi connectivity index (χ1v) is 10.7. The zero-order valence-corrected chi connectivity index (χ0v) is 18.2. The van der Waals surface area contributed by atoms with E-state index in [9.17, 15) is 4.79 Å². The monoisotopic (exact) mass is 415 g/mol. The molecule has 1 aliphatic rings. The van der Waals surface area contributed by atoms with Crippen LogP contribution in [0.4, 0.5) is 0 Å². The minimum Gasteiger partial charge on any atom is -0.497 e. The van der Waals surface area contributed by atoms with Crippen molar-refractivity contribution >= 4 is 5.91 Å². The predicted molar refractivity (Wildman–Crippen MR) is 123 cm³/mol. The molecule has 4 rings (SSSR count). The molecular weight excluding hydrogens is 386 g/mol. The molecule has 0 bridgehead atoms. The van der Waals surface area contributed by atoms with Gasteiger partial charge in [-0.3, -0.25) is 14.7 Å². The van der Waals surface area contributed by atoms with Gasteiger partial charge < -0.3 is 10.1 Å². The van der Waals surface area contributed by atoms with Crippen LogP contribution in [0.5, 0.6) is 5.75 Å². The summed E-state index contributed by atoms with van der Waals surface area (Å²) in [6.45, 7) is 2.50. The minimum absolute atomic E-state index is 0.128. The lowest BCUT2D eigenvalue weighted by atomic mass is 9.79. The van der Waals surface area contributed by atoms with Crippen molar-refractivity contribution in [3.8, 4) is 16.9 Å². The normalized spacial score (nSPS) is 18.6. The van der Waals surface area contributed by atoms with Gasteiger partial charge in [-0.05, 0) is 65.9 Å². The Balaban J connectivity index is 1.47. The zero-order chi connectivity index (χ0) is 21.7. The first-order chi connectivity index (χ1) is 15.1. The summed E-state index contributed by atoms with van der Waals surface area (Å²) in [4.78, 5) is 19.4. The molecule has 1 fully saturated rings. The van der Waals surface area contributed by atoms with Crippen LogP contribution in [0.1, 0.15) is 17.5 Å². The summed E-state index contributed by atoms with van der Waals surface area (Å²) < 4.78 is 5.25. The van der Waals surface area contributed by atoms with Crippen molar-refractivity contribution < 1.29 is 9.53 Å². The van der Waals surface area contributed by atoms with E-state index in [1.807, 2.05) is 24.3 Å². The largest absolute Gasteiger partial charge is 0.497 e. The van der Waals surface area contributed by atoms with Crippen molar-refractivity contribution in [2.75, 3.05) is 27.2 Å². The molecule has 1 atom stereocenters. The average Bonchev–Trinajstić information content (AvgIpc) is 3.23. The number of ether oxygens (including phenoxy) is 1. The maximum atomic E-state index is 12.9. The molecule has 1 saturated heterocycles. The van der Waals surface area contributed by atoms with Crippen LogP contribution in [0.3, 0.4) is 0 Å². The summed E-state index contributed by atoms with van der Waals surface area (Å²) in [5.74, 6) is 0.989. The molecule has 5 nitrogen and oxygen atoms in total. The van der Waals surface area contributed by atoms with Gasteiger partial charge >= 0.3 is 0 Å². The van der Waals surface area contributed by atoms with Gasteiger partial charge in [0.1, 0.15) is 5.75 Å². The molecule has 1 amide bonds. The minimum atomic E-state index is -0.403. The molecule has 0 aliphatic carbocycles. The van der Waals surface area contributed by atoms with Gasteiger partial charge in [0.25, 0.3) is 0 Å². The van der Waals surface area contributed by atoms with Crippen LogP contribution < -0.4 is 10.1 Å². The second kappa shape index (κ2) is 9.31. The van der Waals surface area contributed by atoms with E-state index in [1.165, 1.54) is 11.1 Å². The molecule has 0 saturated carbocycles. The Bertz CT molecular complexity index is 1000. The number of hydrogen-bond acceptors (Lipinski definition) is 4. The van der Waals surface area contributed by atoms with E-state index in [0.717, 1.165) is 49.4 Å². The van der Waals surface area contributed by atoms with Gasteiger partial charge in [-0.25, -0.2) is 0 Å². The molecule has 5 heteroatoms. The first kappa shape index (κ1) is 21.1. The molecular formula is C26H29N3O2. The third-order valence-corrected chi connectivity index (χ3v) is 6.22. The zero-order valence-electron chi connectivity index (χ0n) is 18.2. The van der Waals surface area contributed by atoms with Crippen LogP contribution in [-0.2, 0) is 17.8 Å². The van der Waals surface area contributed by atoms with Gasteiger partial charge in [0, 0.05) is 32.5 Å². The van der Waals surface area contributed by atoms with Crippen molar-refractivity contribution in [2.24, 2.45) is 5.41 Å². The summed E-state index contributed by atoms with van der Waals surface area (Å²) in [6.07, 6.45) is 5.21. The number of carbonyl (C=O) groups is 1. The second-order valence-corrected chi connectivity index (χ2v) is 8.28. The molecule has 0 unspecified atom stereocenters. The fourth-order valence-corrected chi connectivity index (χ4v) is 4.51. The summed E-state index contributed by atoms with van der Waals surface area (Å²) in [6, 6.07) is 20.7. The van der Waals surface area contributed by atoms with E-state index >= 15 is 0 Å². The number of methoxy groups -OCH3 is 1. The van der Waals surface area contributed by atoms with Crippen LogP contribution in [0.2, 0.25) is 0 Å². The van der Waals surface area contributed by atoms with Crippen LogP contribution in [0.15, 0.2) is 73.1 Å². The number of amides is 1. The average molecular weight is 416 g/mol. The van der Waals surface area contributed by atoms with Gasteiger partial charge in [0.2, 0.25) is 5.91 Å². The third-order valence-electron chi connectivity index (χ3n) is 6.22. The summed E-state index contributed by atoms with van der Waals surface area (Å²) >= 11 is 0. The topological polar surface area (TPSA) is 54.5 Å². The molecule has 31 heavy (non-hydrogen) atoms. The van der Waals surface area contributed by atoms with Crippen molar-refractivity contribution in [2.45, 2.75) is 19.4 Å². The van der Waals surface area contributed by atoms with Crippen LogP contribution in [0.25, 0.3) is 11.1 Å². The number of likely N-dealkylation sites (tertiary alicyclic amines) is 1. The van der Waals surface area contributed by atoms with Gasteiger partial charge in [0.15, 0.2) is 0 Å². The van der Waals surface area contributed by atoms with Crippen molar-refractivity contribution in [3.63, 3.8) is 0 Å². The van der Waals surface area contributed by atoms with E-state index in [1.54, 1.807) is 26.6 Å². The number of aromatic nitrogens is 1. The molecule has 160 valence electrons. The Hall–Kier alpha value is -3.18. The number of nitrogens with one attached hydrogen (secondary N) is 1. The highest BCUT2D eigenvalue weighted by Gasteiger charge is 2.44. The fourth-order valence-electron chi connectivity index (χ4n) is 4.51. The van der Waals surface area contributed by atoms with Gasteiger partial charge in [-0.1, -0.05) is 36.4 Å². The standard InChI is InChI=1S/C26H29N3O2/c1-27-25(30)26(13-16-29(19-26)18-21-5-9-24(31-2)10-6-21)17-20-3-7-22(8-4-20)23-11-14-28-15-12-23/h3-12,14-15H,13,16-19H2,1-2H3,(H,27,30)/t26-/m1/s1. The van der Waals surface area contributed by atoms with Crippen LogP contribution in [0, 0.1) is 5.41 Å². The SMILES string of the molecule is CNC(=O)[C@@]1(Cc2ccc(-c3ccncc3)cc2)CCN(Cc2ccc(OC)cc2)C1. The fraction of sp³-hybridized carbons (Fsp3) is 0.308. The predicted octanol–water partition coefficient (Wildman–Crippen LogP) is 3.94. The maximum Gasteiger partial charge on any atom is 0.227 e. The van der Waals surface area contributed by atoms with Crippen molar-refractivity contribution in [1.82, 2.24) is 15.2 Å². The van der Waals surface area contributed by atoms with E-state index in [2.05, 4.69) is 51.6 Å². The quantitative estimate of drug-likeness (QED) is 0.635. The Labute approximate surface area is 184 Å². The number of nitrogens with zero attached hydrogens (tertiary/aromatic N) is 2.